The normalized spacial score (nSPS) is 22.9. The van der Waals surface area contributed by atoms with E-state index in [0.717, 1.165) is 23.7 Å². The SMILES string of the molecule is NC(=S)C1CCCC1NS(=O)(=O)c1ccc(Br)cc1Cl. The minimum atomic E-state index is -3.68. The van der Waals surface area contributed by atoms with Gasteiger partial charge in [-0.2, -0.15) is 0 Å². The summed E-state index contributed by atoms with van der Waals surface area (Å²) in [5.74, 6) is -0.0889. The van der Waals surface area contributed by atoms with Crippen molar-refractivity contribution in [2.75, 3.05) is 0 Å². The van der Waals surface area contributed by atoms with Gasteiger partial charge in [-0.25, -0.2) is 13.1 Å². The Morgan fingerprint density at radius 3 is 2.75 bits per heavy atom. The van der Waals surface area contributed by atoms with E-state index >= 15 is 0 Å². The van der Waals surface area contributed by atoms with Gasteiger partial charge in [0.1, 0.15) is 4.90 Å². The topological polar surface area (TPSA) is 72.2 Å². The van der Waals surface area contributed by atoms with Gasteiger partial charge in [0.2, 0.25) is 10.0 Å². The monoisotopic (exact) mass is 396 g/mol. The van der Waals surface area contributed by atoms with E-state index in [9.17, 15) is 8.42 Å². The van der Waals surface area contributed by atoms with E-state index in [-0.39, 0.29) is 21.9 Å². The summed E-state index contributed by atoms with van der Waals surface area (Å²) in [5, 5.41) is 0.178. The largest absolute Gasteiger partial charge is 0.393 e. The van der Waals surface area contributed by atoms with Gasteiger partial charge in [-0.15, -0.1) is 0 Å². The van der Waals surface area contributed by atoms with Gasteiger partial charge in [-0.05, 0) is 31.0 Å². The first-order valence-corrected chi connectivity index (χ1v) is 9.14. The molecule has 1 fully saturated rings. The number of nitrogens with one attached hydrogen (secondary N) is 1. The molecule has 4 nitrogen and oxygen atoms in total. The number of sulfonamides is 1. The number of benzene rings is 1. The van der Waals surface area contributed by atoms with Crippen LogP contribution in [0, 0.1) is 5.92 Å². The van der Waals surface area contributed by atoms with Crippen molar-refractivity contribution in [3.05, 3.63) is 27.7 Å². The minimum Gasteiger partial charge on any atom is -0.393 e. The molecule has 1 aromatic carbocycles. The molecule has 110 valence electrons. The van der Waals surface area contributed by atoms with Crippen LogP contribution in [-0.4, -0.2) is 19.4 Å². The third-order valence-electron chi connectivity index (χ3n) is 3.37. The van der Waals surface area contributed by atoms with E-state index in [1.165, 1.54) is 6.07 Å². The molecular weight excluding hydrogens is 384 g/mol. The van der Waals surface area contributed by atoms with Crippen molar-refractivity contribution in [3.63, 3.8) is 0 Å². The molecule has 2 rings (SSSR count). The van der Waals surface area contributed by atoms with Gasteiger partial charge in [0.25, 0.3) is 0 Å². The van der Waals surface area contributed by atoms with Crippen LogP contribution in [0.3, 0.4) is 0 Å². The van der Waals surface area contributed by atoms with Gasteiger partial charge in [-0.3, -0.25) is 0 Å². The Balaban J connectivity index is 2.25. The molecule has 2 atom stereocenters. The molecule has 20 heavy (non-hydrogen) atoms. The number of thiocarbonyl (C=S) groups is 1. The lowest BCUT2D eigenvalue weighted by atomic mass is 10.1. The van der Waals surface area contributed by atoms with Crippen LogP contribution in [-0.2, 0) is 10.0 Å². The summed E-state index contributed by atoms with van der Waals surface area (Å²) in [6, 6.07) is 4.41. The Kier molecular flexibility index (Phi) is 5.07. The Bertz CT molecular complexity index is 636. The van der Waals surface area contributed by atoms with Crippen LogP contribution in [0.5, 0.6) is 0 Å². The molecule has 0 heterocycles. The molecule has 0 aromatic heterocycles. The average Bonchev–Trinajstić information content (AvgIpc) is 2.75. The molecule has 0 aliphatic heterocycles. The number of nitrogens with two attached hydrogens (primary N) is 1. The molecule has 1 aromatic rings. The Morgan fingerprint density at radius 1 is 1.45 bits per heavy atom. The van der Waals surface area contributed by atoms with Crippen LogP contribution in [0.2, 0.25) is 5.02 Å². The van der Waals surface area contributed by atoms with Gasteiger partial charge in [0, 0.05) is 16.4 Å². The molecule has 3 N–H and O–H groups in total. The molecule has 8 heteroatoms. The van der Waals surface area contributed by atoms with Crippen LogP contribution >= 0.6 is 39.7 Å². The van der Waals surface area contributed by atoms with Crippen molar-refractivity contribution in [2.24, 2.45) is 11.7 Å². The van der Waals surface area contributed by atoms with Crippen LogP contribution in [0.15, 0.2) is 27.6 Å². The zero-order valence-electron chi connectivity index (χ0n) is 10.5. The predicted octanol–water partition coefficient (Wildman–Crippen LogP) is 2.84. The predicted molar refractivity (Wildman–Crippen MR) is 87.4 cm³/mol. The van der Waals surface area contributed by atoms with Crippen molar-refractivity contribution in [2.45, 2.75) is 30.2 Å². The number of hydrogen-bond donors (Lipinski definition) is 2. The summed E-state index contributed by atoms with van der Waals surface area (Å²) in [7, 11) is -3.68. The van der Waals surface area contributed by atoms with Crippen LogP contribution in [0.25, 0.3) is 0 Å². The third kappa shape index (κ3) is 3.51. The molecular formula is C12H14BrClN2O2S2. The van der Waals surface area contributed by atoms with Gasteiger partial charge < -0.3 is 5.73 Å². The maximum absolute atomic E-state index is 12.4. The highest BCUT2D eigenvalue weighted by atomic mass is 79.9. The molecule has 0 spiro atoms. The lowest BCUT2D eigenvalue weighted by Gasteiger charge is -2.20. The van der Waals surface area contributed by atoms with Crippen molar-refractivity contribution in [3.8, 4) is 0 Å². The van der Waals surface area contributed by atoms with E-state index in [0.29, 0.717) is 4.99 Å². The summed E-state index contributed by atoms with van der Waals surface area (Å²) in [5.41, 5.74) is 5.66. The van der Waals surface area contributed by atoms with Crippen molar-refractivity contribution < 1.29 is 8.42 Å². The summed E-state index contributed by atoms with van der Waals surface area (Å²) < 4.78 is 28.2. The quantitative estimate of drug-likeness (QED) is 0.766. The molecule has 1 saturated carbocycles. The third-order valence-corrected chi connectivity index (χ3v) is 6.14. The lowest BCUT2D eigenvalue weighted by Crippen LogP contribution is -2.41. The van der Waals surface area contributed by atoms with Crippen molar-refractivity contribution in [1.82, 2.24) is 4.72 Å². The van der Waals surface area contributed by atoms with E-state index in [1.807, 2.05) is 0 Å². The first-order chi connectivity index (χ1) is 9.31. The second kappa shape index (κ2) is 6.27. The zero-order chi connectivity index (χ0) is 14.9. The van der Waals surface area contributed by atoms with Crippen LogP contribution in [0.4, 0.5) is 0 Å². The lowest BCUT2D eigenvalue weighted by molar-refractivity contribution is 0.525. The molecule has 1 aliphatic rings. The first kappa shape index (κ1) is 16.2. The van der Waals surface area contributed by atoms with E-state index < -0.39 is 10.0 Å². The highest BCUT2D eigenvalue weighted by molar-refractivity contribution is 9.10. The van der Waals surface area contributed by atoms with Crippen molar-refractivity contribution in [1.29, 1.82) is 0 Å². The summed E-state index contributed by atoms with van der Waals surface area (Å²) >= 11 is 14.2. The fourth-order valence-electron chi connectivity index (χ4n) is 2.40. The highest BCUT2D eigenvalue weighted by Gasteiger charge is 2.33. The Hall–Kier alpha value is -0.210. The van der Waals surface area contributed by atoms with Gasteiger partial charge in [-0.1, -0.05) is 46.2 Å². The molecule has 1 aliphatic carbocycles. The van der Waals surface area contributed by atoms with E-state index in [1.54, 1.807) is 12.1 Å². The van der Waals surface area contributed by atoms with Crippen LogP contribution < -0.4 is 10.5 Å². The smallest absolute Gasteiger partial charge is 0.242 e. The maximum atomic E-state index is 12.4. The minimum absolute atomic E-state index is 0.0657. The molecule has 2 unspecified atom stereocenters. The van der Waals surface area contributed by atoms with Crippen molar-refractivity contribution >= 4 is 54.8 Å². The van der Waals surface area contributed by atoms with Crippen LogP contribution in [0.1, 0.15) is 19.3 Å². The molecule has 0 radical (unpaired) electrons. The standard InChI is InChI=1S/C12H14BrClN2O2S2/c13-7-4-5-11(9(14)6-7)20(17,18)16-10-3-1-2-8(10)12(15)19/h4-6,8,10,16H,1-3H2,(H2,15,19). The fourth-order valence-corrected chi connectivity index (χ4v) is 5.03. The second-order valence-electron chi connectivity index (χ2n) is 4.74. The number of halogens is 2. The molecule has 0 amide bonds. The maximum Gasteiger partial charge on any atom is 0.242 e. The highest BCUT2D eigenvalue weighted by Crippen LogP contribution is 2.30. The number of hydrogen-bond acceptors (Lipinski definition) is 3. The fraction of sp³-hybridized carbons (Fsp3) is 0.417. The van der Waals surface area contributed by atoms with Gasteiger partial charge >= 0.3 is 0 Å². The average molecular weight is 398 g/mol. The first-order valence-electron chi connectivity index (χ1n) is 6.08. The Morgan fingerprint density at radius 2 is 2.15 bits per heavy atom. The van der Waals surface area contributed by atoms with E-state index in [2.05, 4.69) is 20.7 Å². The number of rotatable bonds is 4. The second-order valence-corrected chi connectivity index (χ2v) is 8.22. The van der Waals surface area contributed by atoms with Gasteiger partial charge in [0.05, 0.1) is 10.0 Å². The van der Waals surface area contributed by atoms with E-state index in [4.69, 9.17) is 29.6 Å². The molecule has 0 bridgehead atoms. The zero-order valence-corrected chi connectivity index (χ0v) is 14.4. The Labute approximate surface area is 137 Å². The summed E-state index contributed by atoms with van der Waals surface area (Å²) in [6.45, 7) is 0. The summed E-state index contributed by atoms with van der Waals surface area (Å²) in [6.07, 6.45) is 2.45. The van der Waals surface area contributed by atoms with Gasteiger partial charge in [0.15, 0.2) is 0 Å². The molecule has 0 saturated heterocycles. The summed E-state index contributed by atoms with van der Waals surface area (Å²) in [4.78, 5) is 0.424.